The largest absolute Gasteiger partial charge is 0.309 e. The van der Waals surface area contributed by atoms with Crippen LogP contribution in [0.5, 0.6) is 0 Å². The molecule has 27 aromatic rings. The van der Waals surface area contributed by atoms with Gasteiger partial charge < -0.3 is 9.13 Å². The van der Waals surface area contributed by atoms with E-state index in [-0.39, 0.29) is 0 Å². The summed E-state index contributed by atoms with van der Waals surface area (Å²) >= 11 is 3.68. The van der Waals surface area contributed by atoms with Crippen molar-refractivity contribution in [3.8, 4) is 85.4 Å². The molecule has 0 aliphatic rings. The van der Waals surface area contributed by atoms with Crippen molar-refractivity contribution >= 4 is 194 Å². The quantitative estimate of drug-likeness (QED) is 0.135. The molecule has 0 saturated carbocycles. The molecule has 0 N–H and O–H groups in total. The fourth-order valence-electron chi connectivity index (χ4n) is 20.0. The van der Waals surface area contributed by atoms with Gasteiger partial charge in [-0.25, -0.2) is 19.9 Å². The van der Waals surface area contributed by atoms with Crippen LogP contribution in [0.2, 0.25) is 0 Å². The van der Waals surface area contributed by atoms with Gasteiger partial charge in [0.2, 0.25) is 11.9 Å². The highest BCUT2D eigenvalue weighted by Crippen LogP contribution is 2.51. The fraction of sp³-hybridized carbons (Fsp3) is 0. The summed E-state index contributed by atoms with van der Waals surface area (Å²) in [6, 6.07) is 136. The van der Waals surface area contributed by atoms with Crippen LogP contribution in [0.4, 0.5) is 0 Å². The number of nitrogens with zero attached hydrogens (tertiary/aromatic N) is 11. The van der Waals surface area contributed by atoms with Crippen molar-refractivity contribution in [3.63, 3.8) is 0 Å². The Kier molecular flexibility index (Phi) is 14.5. The summed E-state index contributed by atoms with van der Waals surface area (Å²) < 4.78 is 16.7. The maximum absolute atomic E-state index is 5.54. The number of fused-ring (bicyclic) bond motifs is 27. The van der Waals surface area contributed by atoms with Crippen molar-refractivity contribution in [3.05, 3.63) is 382 Å². The molecule has 0 fully saturated rings. The molecule has 10 aromatic heterocycles. The normalized spacial score (nSPS) is 12.2. The van der Waals surface area contributed by atoms with E-state index in [1.807, 2.05) is 35.7 Å². The third kappa shape index (κ3) is 10.0. The first-order valence-electron chi connectivity index (χ1n) is 41.5. The maximum Gasteiger partial charge on any atom is 0.238 e. The van der Waals surface area contributed by atoms with Crippen molar-refractivity contribution < 1.29 is 0 Å². The molecule has 0 aliphatic carbocycles. The van der Waals surface area contributed by atoms with Crippen LogP contribution in [0.3, 0.4) is 0 Å². The predicted octanol–water partition coefficient (Wildman–Crippen LogP) is 28.9. The van der Waals surface area contributed by atoms with Crippen molar-refractivity contribution in [1.29, 1.82) is 0 Å². The lowest BCUT2D eigenvalue weighted by atomic mass is 9.96. The van der Waals surface area contributed by atoms with Crippen LogP contribution in [0.25, 0.3) is 256 Å². The first kappa shape index (κ1) is 67.9. The highest BCUT2D eigenvalue weighted by Gasteiger charge is 2.29. The third-order valence-corrected chi connectivity index (χ3v) is 27.8. The number of thiophene rings is 2. The highest BCUT2D eigenvalue weighted by atomic mass is 32.1. The molecule has 17 aromatic carbocycles. The Bertz CT molecular complexity index is 9210. The number of rotatable bonds is 10. The summed E-state index contributed by atoms with van der Waals surface area (Å²) in [4.78, 5) is 32.5. The summed E-state index contributed by atoms with van der Waals surface area (Å²) in [5.74, 6) is 3.26. The smallest absolute Gasteiger partial charge is 0.238 e. The molecule has 0 atom stereocenters. The Labute approximate surface area is 709 Å². The van der Waals surface area contributed by atoms with Gasteiger partial charge in [0.1, 0.15) is 0 Å². The van der Waals surface area contributed by atoms with Gasteiger partial charge in [-0.2, -0.15) is 9.97 Å². The SMILES string of the molecule is c1ccc(-c2nc(-c3ccc(-c4ccc5c(c4)c4ccccc4n5-c4nccc5c4sc4ccc(-n6c7ccccc7c7cc(-c8ccc9c(c8)c8sc%10ccccc%10c8c8c%10ccccc%10n(-c%10nc(-c%11ccccc%11)c%11ccccc%11n%10)c98)ccc76)cc45)cc3)nc(-n3c4ccccc4c4ccc5c6ccccc6n(-c6ccccc6)c5c43)n2)cc1. The van der Waals surface area contributed by atoms with Crippen molar-refractivity contribution in [2.24, 2.45) is 0 Å². The summed E-state index contributed by atoms with van der Waals surface area (Å²) in [5, 5.41) is 19.9. The van der Waals surface area contributed by atoms with Crippen LogP contribution in [0.1, 0.15) is 0 Å². The molecule has 0 radical (unpaired) electrons. The van der Waals surface area contributed by atoms with E-state index in [2.05, 4.69) is 381 Å². The second-order valence-corrected chi connectivity index (χ2v) is 34.1. The Morgan fingerprint density at radius 3 is 1.34 bits per heavy atom. The number of aromatic nitrogens is 11. The molecular weight excluding hydrogens is 1540 g/mol. The minimum Gasteiger partial charge on any atom is -0.309 e. The summed E-state index contributed by atoms with van der Waals surface area (Å²) in [5.41, 5.74) is 22.2. The number of para-hydroxylation sites is 7. The fourth-order valence-corrected chi connectivity index (χ4v) is 22.4. The molecule has 0 bridgehead atoms. The van der Waals surface area contributed by atoms with Gasteiger partial charge in [-0.15, -0.1) is 22.7 Å². The molecule has 0 amide bonds. The average Bonchev–Trinajstić information content (AvgIpc) is 1.54. The molecule has 123 heavy (non-hydrogen) atoms. The number of hydrogen-bond donors (Lipinski definition) is 0. The van der Waals surface area contributed by atoms with Gasteiger partial charge in [0.15, 0.2) is 17.5 Å². The standard InChI is InChI=1S/C110H63N11S2/c1-4-24-65(25-5-1)100-81-34-10-17-37-88(81)112-109(113-100)120-93-42-22-15-35-82(93)98-99-83-36-16-23-43-96(83)122-104(99)87-62-69(48-52-79(87)101(98)120)70-50-55-94-84(61-70)75-32-13-18-38-89(75)117(94)72-51-57-97-86(63-72)80-58-59-111-108(105(80)123-97)119-91-40-20-14-33-76(91)85-60-68(49-56-95(85)119)64-44-46-67(47-45-64)107-114-106(66-26-6-2-7-27-66)115-110(116-107)121-92-41-21-12-31-74(92)78-54-53-77-73-30-11-19-39-90(73)118(102(77)103(78)121)71-28-8-3-9-29-71/h1-63H. The summed E-state index contributed by atoms with van der Waals surface area (Å²) in [6.07, 6.45) is 1.99. The molecule has 27 rings (SSSR count). The lowest BCUT2D eigenvalue weighted by Gasteiger charge is -2.14. The molecule has 11 nitrogen and oxygen atoms in total. The first-order chi connectivity index (χ1) is 61.0. The molecule has 13 heteroatoms. The molecule has 10 heterocycles. The van der Waals surface area contributed by atoms with Crippen LogP contribution >= 0.6 is 22.7 Å². The Hall–Kier alpha value is -16.1. The van der Waals surface area contributed by atoms with E-state index in [1.54, 1.807) is 11.3 Å². The van der Waals surface area contributed by atoms with E-state index in [4.69, 9.17) is 29.9 Å². The summed E-state index contributed by atoms with van der Waals surface area (Å²) in [6.45, 7) is 0. The van der Waals surface area contributed by atoms with E-state index in [0.29, 0.717) is 23.5 Å². The summed E-state index contributed by atoms with van der Waals surface area (Å²) in [7, 11) is 0. The number of benzene rings is 17. The van der Waals surface area contributed by atoms with Gasteiger partial charge in [-0.3, -0.25) is 13.7 Å². The predicted molar refractivity (Wildman–Crippen MR) is 513 cm³/mol. The zero-order chi connectivity index (χ0) is 80.2. The van der Waals surface area contributed by atoms with Crippen LogP contribution in [-0.4, -0.2) is 52.7 Å². The molecule has 0 spiro atoms. The topological polar surface area (TPSA) is 102 Å². The third-order valence-electron chi connectivity index (χ3n) is 25.4. The maximum atomic E-state index is 5.54. The van der Waals surface area contributed by atoms with E-state index >= 15 is 0 Å². The molecule has 0 saturated heterocycles. The minimum atomic E-state index is 0.540. The van der Waals surface area contributed by atoms with Gasteiger partial charge in [-0.1, -0.05) is 267 Å². The molecule has 0 unspecified atom stereocenters. The monoisotopic (exact) mass is 1600 g/mol. The van der Waals surface area contributed by atoms with Crippen LogP contribution < -0.4 is 0 Å². The number of hydrogen-bond acceptors (Lipinski definition) is 8. The van der Waals surface area contributed by atoms with Gasteiger partial charge in [0, 0.05) is 140 Å². The Morgan fingerprint density at radius 1 is 0.211 bits per heavy atom. The minimum absolute atomic E-state index is 0.540. The molecule has 0 aliphatic heterocycles. The molecular formula is C110H63N11S2. The van der Waals surface area contributed by atoms with Gasteiger partial charge in [-0.05, 0) is 131 Å². The molecule has 570 valence electrons. The van der Waals surface area contributed by atoms with E-state index in [9.17, 15) is 0 Å². The van der Waals surface area contributed by atoms with Gasteiger partial charge in [0.05, 0.1) is 71.1 Å². The van der Waals surface area contributed by atoms with Gasteiger partial charge >= 0.3 is 0 Å². The second-order valence-electron chi connectivity index (χ2n) is 32.0. The lowest BCUT2D eigenvalue weighted by Crippen LogP contribution is -2.07. The van der Waals surface area contributed by atoms with Crippen molar-refractivity contribution in [2.75, 3.05) is 0 Å². The first-order valence-corrected chi connectivity index (χ1v) is 43.1. The average molecular weight is 1600 g/mol. The second kappa shape index (κ2) is 26.2. The van der Waals surface area contributed by atoms with Crippen LogP contribution in [0.15, 0.2) is 382 Å². The van der Waals surface area contributed by atoms with Gasteiger partial charge in [0.25, 0.3) is 0 Å². The highest BCUT2D eigenvalue weighted by molar-refractivity contribution is 7.27. The van der Waals surface area contributed by atoms with Crippen molar-refractivity contribution in [1.82, 2.24) is 52.7 Å². The Balaban J connectivity index is 0.554. The Morgan fingerprint density at radius 2 is 0.659 bits per heavy atom. The zero-order valence-corrected chi connectivity index (χ0v) is 67.2. The van der Waals surface area contributed by atoms with E-state index < -0.39 is 0 Å². The lowest BCUT2D eigenvalue weighted by molar-refractivity contribution is 0.953. The number of pyridine rings is 1. The van der Waals surface area contributed by atoms with E-state index in [1.165, 1.54) is 62.6 Å². The van der Waals surface area contributed by atoms with Crippen LogP contribution in [-0.2, 0) is 0 Å². The zero-order valence-electron chi connectivity index (χ0n) is 65.6. The van der Waals surface area contributed by atoms with Crippen molar-refractivity contribution in [2.45, 2.75) is 0 Å². The van der Waals surface area contributed by atoms with Crippen LogP contribution in [0, 0.1) is 0 Å². The van der Waals surface area contributed by atoms with E-state index in [0.717, 1.165) is 170 Å².